The molecule has 0 bridgehead atoms. The number of carboxylic acids is 2. The molecule has 27 heteroatoms. The maximum Gasteiger partial charge on any atom is 0.326 e. The number of amides is 8. The standard InChI is InChI=1S/C35H58N14O13/c1-15(2)26(49-31(58)21(10-18-12-40-14-42-18)46-32(59)23(13-50)48-29(56)19(36)7-8-25(52)53)33(60)44-17(4)27(54)45-20(6-5-9-41-35(38)39)30(57)43-16(3)28(55)47-22(34(61)62)11-24(37)51/h12,14-17,19-23,26,50H,5-11,13,36H2,1-4H3,(H2,37,51)(H,40,42)(H,43,57)(H,44,60)(H,45,54)(H,46,59)(H,47,55)(H,48,56)(H,49,58)(H,52,53)(H,61,62)(H4,38,39,41). The molecule has 8 atom stereocenters. The smallest absolute Gasteiger partial charge is 0.326 e. The number of aromatic nitrogens is 2. The number of carbonyl (C=O) groups excluding carboxylic acids is 8. The summed E-state index contributed by atoms with van der Waals surface area (Å²) in [5.41, 5.74) is 21.8. The number of nitrogens with two attached hydrogens (primary N) is 4. The van der Waals surface area contributed by atoms with Crippen LogP contribution in [-0.4, -0.2) is 152 Å². The second kappa shape index (κ2) is 26.3. The van der Waals surface area contributed by atoms with Gasteiger partial charge in [-0.2, -0.15) is 0 Å². The summed E-state index contributed by atoms with van der Waals surface area (Å²) in [6.07, 6.45) is 1.08. The quantitative estimate of drug-likeness (QED) is 0.0211. The Balaban J connectivity index is 3.16. The highest BCUT2D eigenvalue weighted by atomic mass is 16.4. The average molecular weight is 883 g/mol. The van der Waals surface area contributed by atoms with Gasteiger partial charge in [0.05, 0.1) is 25.4 Å². The Morgan fingerprint density at radius 3 is 1.73 bits per heavy atom. The molecule has 0 aliphatic carbocycles. The molecule has 1 aromatic rings. The van der Waals surface area contributed by atoms with E-state index in [0.717, 1.165) is 0 Å². The molecule has 8 amide bonds. The van der Waals surface area contributed by atoms with Crippen LogP contribution < -0.4 is 60.2 Å². The van der Waals surface area contributed by atoms with Crippen LogP contribution in [0.3, 0.4) is 0 Å². The summed E-state index contributed by atoms with van der Waals surface area (Å²) in [4.78, 5) is 136. The van der Waals surface area contributed by atoms with Crippen LogP contribution in [0.2, 0.25) is 0 Å². The van der Waals surface area contributed by atoms with E-state index in [4.69, 9.17) is 28.0 Å². The molecular weight excluding hydrogens is 824 g/mol. The van der Waals surface area contributed by atoms with E-state index in [1.54, 1.807) is 13.8 Å². The lowest BCUT2D eigenvalue weighted by Gasteiger charge is -2.28. The van der Waals surface area contributed by atoms with Gasteiger partial charge >= 0.3 is 11.9 Å². The van der Waals surface area contributed by atoms with Crippen LogP contribution in [0.1, 0.15) is 65.5 Å². The second-order valence-electron chi connectivity index (χ2n) is 14.4. The number of aliphatic carboxylic acids is 2. The molecule has 1 aromatic heterocycles. The molecule has 8 unspecified atom stereocenters. The number of guanidine groups is 1. The molecule has 1 heterocycles. The Hall–Kier alpha value is -6.90. The fourth-order valence-corrected chi connectivity index (χ4v) is 5.28. The number of carboxylic acid groups (broad SMARTS) is 2. The summed E-state index contributed by atoms with van der Waals surface area (Å²) < 4.78 is 0. The van der Waals surface area contributed by atoms with E-state index in [1.165, 1.54) is 26.4 Å². The van der Waals surface area contributed by atoms with Gasteiger partial charge < -0.3 is 80.5 Å². The summed E-state index contributed by atoms with van der Waals surface area (Å²) >= 11 is 0. The lowest BCUT2D eigenvalue weighted by molar-refractivity contribution is -0.143. The Morgan fingerprint density at radius 2 is 1.23 bits per heavy atom. The third kappa shape index (κ3) is 19.4. The lowest BCUT2D eigenvalue weighted by Crippen LogP contribution is -2.61. The first kappa shape index (κ1) is 53.1. The first-order chi connectivity index (χ1) is 29.0. The average Bonchev–Trinajstić information content (AvgIpc) is 3.70. The minimum absolute atomic E-state index is 0.0351. The molecule has 0 radical (unpaired) electrons. The highest BCUT2D eigenvalue weighted by Crippen LogP contribution is 2.08. The van der Waals surface area contributed by atoms with E-state index in [2.05, 4.69) is 52.2 Å². The summed E-state index contributed by atoms with van der Waals surface area (Å²) in [6.45, 7) is 4.74. The van der Waals surface area contributed by atoms with Crippen molar-refractivity contribution in [3.63, 3.8) is 0 Å². The number of nitrogens with zero attached hydrogens (tertiary/aromatic N) is 2. The Morgan fingerprint density at radius 1 is 0.694 bits per heavy atom. The van der Waals surface area contributed by atoms with Crippen LogP contribution >= 0.6 is 0 Å². The molecule has 0 aliphatic rings. The molecule has 27 nitrogen and oxygen atoms in total. The highest BCUT2D eigenvalue weighted by molar-refractivity contribution is 5.98. The Kier molecular flexibility index (Phi) is 22.6. The molecule has 346 valence electrons. The zero-order valence-electron chi connectivity index (χ0n) is 34.6. The van der Waals surface area contributed by atoms with Crippen molar-refractivity contribution in [2.75, 3.05) is 13.2 Å². The molecule has 1 rings (SSSR count). The predicted molar refractivity (Wildman–Crippen MR) is 215 cm³/mol. The molecule has 0 saturated heterocycles. The van der Waals surface area contributed by atoms with E-state index in [0.29, 0.717) is 5.69 Å². The highest BCUT2D eigenvalue weighted by Gasteiger charge is 2.34. The molecule has 0 aliphatic heterocycles. The number of hydrogen-bond donors (Lipinski definition) is 15. The van der Waals surface area contributed by atoms with Crippen molar-refractivity contribution in [3.8, 4) is 0 Å². The lowest BCUT2D eigenvalue weighted by atomic mass is 10.0. The van der Waals surface area contributed by atoms with Gasteiger partial charge in [-0.15, -0.1) is 0 Å². The van der Waals surface area contributed by atoms with Gasteiger partial charge in [0.1, 0.15) is 42.3 Å². The van der Waals surface area contributed by atoms with E-state index in [9.17, 15) is 58.2 Å². The van der Waals surface area contributed by atoms with Crippen molar-refractivity contribution in [2.24, 2.45) is 33.8 Å². The van der Waals surface area contributed by atoms with Crippen molar-refractivity contribution in [1.82, 2.24) is 47.2 Å². The van der Waals surface area contributed by atoms with Crippen LogP contribution in [-0.2, 0) is 54.4 Å². The molecule has 0 fully saturated rings. The second-order valence-corrected chi connectivity index (χ2v) is 14.4. The fourth-order valence-electron chi connectivity index (χ4n) is 5.28. The summed E-state index contributed by atoms with van der Waals surface area (Å²) in [6, 6.07) is -11.5. The number of aliphatic imine (C=N–C) groups is 1. The minimum Gasteiger partial charge on any atom is -0.481 e. The van der Waals surface area contributed by atoms with Crippen LogP contribution in [0, 0.1) is 5.92 Å². The number of aromatic amines is 1. The van der Waals surface area contributed by atoms with Crippen molar-refractivity contribution in [1.29, 1.82) is 0 Å². The Bertz CT molecular complexity index is 1770. The summed E-state index contributed by atoms with van der Waals surface area (Å²) in [7, 11) is 0. The van der Waals surface area contributed by atoms with Crippen molar-refractivity contribution < 1.29 is 63.3 Å². The van der Waals surface area contributed by atoms with Crippen LogP contribution in [0.15, 0.2) is 17.5 Å². The maximum atomic E-state index is 13.7. The number of nitrogens with one attached hydrogen (secondary N) is 8. The topological polar surface area (TPSA) is 461 Å². The number of rotatable bonds is 28. The van der Waals surface area contributed by atoms with Gasteiger partial charge in [-0.3, -0.25) is 48.1 Å². The van der Waals surface area contributed by atoms with Gasteiger partial charge in [0.15, 0.2) is 5.96 Å². The molecule has 0 saturated carbocycles. The number of carbonyl (C=O) groups is 10. The van der Waals surface area contributed by atoms with Crippen LogP contribution in [0.4, 0.5) is 0 Å². The number of imidazole rings is 1. The largest absolute Gasteiger partial charge is 0.481 e. The molecular formula is C35H58N14O13. The first-order valence-electron chi connectivity index (χ1n) is 19.2. The summed E-state index contributed by atoms with van der Waals surface area (Å²) in [5, 5.41) is 44.5. The monoisotopic (exact) mass is 882 g/mol. The normalized spacial score (nSPS) is 14.8. The van der Waals surface area contributed by atoms with Gasteiger partial charge in [-0.05, 0) is 39.0 Å². The van der Waals surface area contributed by atoms with Crippen molar-refractivity contribution in [3.05, 3.63) is 18.2 Å². The van der Waals surface area contributed by atoms with Gasteiger partial charge in [-0.1, -0.05) is 13.8 Å². The molecule has 0 aromatic carbocycles. The number of aliphatic hydroxyl groups excluding tert-OH is 1. The van der Waals surface area contributed by atoms with E-state index >= 15 is 0 Å². The molecule has 19 N–H and O–H groups in total. The van der Waals surface area contributed by atoms with Crippen molar-refractivity contribution >= 4 is 65.2 Å². The van der Waals surface area contributed by atoms with Gasteiger partial charge in [-0.25, -0.2) is 9.78 Å². The zero-order chi connectivity index (χ0) is 47.3. The van der Waals surface area contributed by atoms with Gasteiger partial charge in [0, 0.05) is 31.3 Å². The third-order valence-electron chi connectivity index (χ3n) is 8.78. The van der Waals surface area contributed by atoms with E-state index in [1.807, 2.05) is 0 Å². The van der Waals surface area contributed by atoms with E-state index < -0.39 is 133 Å². The molecule has 0 spiro atoms. The number of primary amides is 1. The van der Waals surface area contributed by atoms with Crippen LogP contribution in [0.5, 0.6) is 0 Å². The van der Waals surface area contributed by atoms with E-state index in [-0.39, 0.29) is 38.2 Å². The zero-order valence-corrected chi connectivity index (χ0v) is 34.6. The minimum atomic E-state index is -1.68. The predicted octanol–water partition coefficient (Wildman–Crippen LogP) is -6.76. The SMILES string of the molecule is CC(NC(=O)C(CCCN=C(N)N)NC(=O)C(C)NC(=O)C(NC(=O)C(Cc1cnc[nH]1)NC(=O)C(CO)NC(=O)C(N)CCC(=O)O)C(C)C)C(=O)NC(CC(N)=O)C(=O)O. The Labute approximate surface area is 355 Å². The third-order valence-corrected chi connectivity index (χ3v) is 8.78. The number of aliphatic hydroxyl groups is 1. The number of H-pyrrole nitrogens is 1. The molecule has 62 heavy (non-hydrogen) atoms. The first-order valence-corrected chi connectivity index (χ1v) is 19.2. The van der Waals surface area contributed by atoms with Gasteiger partial charge in [0.25, 0.3) is 0 Å². The fraction of sp³-hybridized carbons (Fsp3) is 0.600. The van der Waals surface area contributed by atoms with Crippen molar-refractivity contribution in [2.45, 2.75) is 115 Å². The number of hydrogen-bond acceptors (Lipinski definition) is 14. The summed E-state index contributed by atoms with van der Waals surface area (Å²) in [5.74, 6) is -11.1. The van der Waals surface area contributed by atoms with Crippen LogP contribution in [0.25, 0.3) is 0 Å². The van der Waals surface area contributed by atoms with Gasteiger partial charge in [0.2, 0.25) is 47.3 Å². The maximum absolute atomic E-state index is 13.7.